The molecule has 0 nitrogen and oxygen atoms in total. The van der Waals surface area contributed by atoms with Crippen LogP contribution < -0.4 is 5.46 Å². The number of thiol groups is 1. The van der Waals surface area contributed by atoms with Crippen molar-refractivity contribution >= 4 is 25.9 Å². The third kappa shape index (κ3) is 2.88. The summed E-state index contributed by atoms with van der Waals surface area (Å²) in [5.74, 6) is -0.213. The van der Waals surface area contributed by atoms with Crippen molar-refractivity contribution in [3.8, 4) is 22.3 Å². The summed E-state index contributed by atoms with van der Waals surface area (Å²) in [6.07, 6.45) is 0. The second-order valence-electron chi connectivity index (χ2n) is 4.83. The fourth-order valence-electron chi connectivity index (χ4n) is 2.26. The summed E-state index contributed by atoms with van der Waals surface area (Å²) in [5.41, 5.74) is 4.21. The van der Waals surface area contributed by atoms with Crippen molar-refractivity contribution in [1.82, 2.24) is 0 Å². The van der Waals surface area contributed by atoms with Crippen molar-refractivity contribution < 1.29 is 4.39 Å². The van der Waals surface area contributed by atoms with Crippen LogP contribution in [0.25, 0.3) is 22.3 Å². The van der Waals surface area contributed by atoms with Crippen molar-refractivity contribution in [3.05, 3.63) is 72.5 Å². The fraction of sp³-hybridized carbons (Fsp3) is 0. The minimum absolute atomic E-state index is 0.213. The van der Waals surface area contributed by atoms with E-state index in [1.54, 1.807) is 12.1 Å². The molecule has 3 heteroatoms. The highest BCUT2D eigenvalue weighted by Gasteiger charge is 2.05. The number of benzene rings is 3. The van der Waals surface area contributed by atoms with Crippen LogP contribution in [-0.4, -0.2) is 7.85 Å². The Kier molecular flexibility index (Phi) is 3.85. The van der Waals surface area contributed by atoms with Crippen LogP contribution in [0.15, 0.2) is 71.6 Å². The summed E-state index contributed by atoms with van der Waals surface area (Å²) in [5, 5.41) is 0. The zero-order chi connectivity index (χ0) is 14.8. The minimum Gasteiger partial charge on any atom is -0.206 e. The van der Waals surface area contributed by atoms with Crippen LogP contribution in [0.4, 0.5) is 4.39 Å². The topological polar surface area (TPSA) is 0 Å². The van der Waals surface area contributed by atoms with Crippen LogP contribution in [-0.2, 0) is 0 Å². The molecule has 0 bridgehead atoms. The van der Waals surface area contributed by atoms with E-state index in [1.807, 2.05) is 48.5 Å². The van der Waals surface area contributed by atoms with Crippen LogP contribution in [0.5, 0.6) is 0 Å². The van der Waals surface area contributed by atoms with Crippen molar-refractivity contribution in [2.45, 2.75) is 4.90 Å². The van der Waals surface area contributed by atoms with Crippen molar-refractivity contribution in [2.24, 2.45) is 0 Å². The van der Waals surface area contributed by atoms with E-state index in [0.29, 0.717) is 11.0 Å². The van der Waals surface area contributed by atoms with Crippen molar-refractivity contribution in [3.63, 3.8) is 0 Å². The van der Waals surface area contributed by atoms with Crippen molar-refractivity contribution in [1.29, 1.82) is 0 Å². The van der Waals surface area contributed by atoms with Gasteiger partial charge in [-0.05, 0) is 33.7 Å². The Morgan fingerprint density at radius 1 is 0.762 bits per heavy atom. The second-order valence-corrected chi connectivity index (χ2v) is 5.31. The predicted molar refractivity (Wildman–Crippen MR) is 89.9 cm³/mol. The van der Waals surface area contributed by atoms with Gasteiger partial charge in [-0.3, -0.25) is 0 Å². The highest BCUT2D eigenvalue weighted by atomic mass is 32.1. The molecule has 0 N–H and O–H groups in total. The van der Waals surface area contributed by atoms with E-state index < -0.39 is 0 Å². The average Bonchev–Trinajstić information content (AvgIpc) is 2.51. The molecule has 0 aliphatic carbocycles. The molecule has 2 radical (unpaired) electrons. The number of hydrogen-bond acceptors (Lipinski definition) is 1. The molecule has 3 rings (SSSR count). The molecule has 3 aromatic rings. The Bertz CT molecular complexity index is 781. The highest BCUT2D eigenvalue weighted by Crippen LogP contribution is 2.27. The van der Waals surface area contributed by atoms with Crippen molar-refractivity contribution in [2.75, 3.05) is 0 Å². The normalized spacial score (nSPS) is 10.6. The van der Waals surface area contributed by atoms with Gasteiger partial charge in [0.05, 0.1) is 0 Å². The molecule has 0 aliphatic heterocycles. The van der Waals surface area contributed by atoms with Gasteiger partial charge in [0.1, 0.15) is 13.7 Å². The van der Waals surface area contributed by atoms with Crippen LogP contribution >= 0.6 is 12.6 Å². The van der Waals surface area contributed by atoms with Crippen LogP contribution in [0, 0.1) is 5.82 Å². The average molecular weight is 290 g/mol. The Hall–Kier alpha value is -2.00. The van der Waals surface area contributed by atoms with E-state index >= 15 is 0 Å². The molecule has 0 saturated heterocycles. The molecule has 0 fully saturated rings. The smallest absolute Gasteiger partial charge is 0.131 e. The first kappa shape index (κ1) is 14.0. The largest absolute Gasteiger partial charge is 0.206 e. The second kappa shape index (κ2) is 5.78. The first-order valence-electron chi connectivity index (χ1n) is 6.59. The Morgan fingerprint density at radius 2 is 1.38 bits per heavy atom. The van der Waals surface area contributed by atoms with E-state index in [1.165, 1.54) is 6.07 Å². The lowest BCUT2D eigenvalue weighted by atomic mass is 9.93. The van der Waals surface area contributed by atoms with Gasteiger partial charge in [-0.1, -0.05) is 60.1 Å². The summed E-state index contributed by atoms with van der Waals surface area (Å²) in [6, 6.07) is 20.3. The van der Waals surface area contributed by atoms with Gasteiger partial charge in [0.2, 0.25) is 0 Å². The van der Waals surface area contributed by atoms with Gasteiger partial charge in [0, 0.05) is 5.56 Å². The first-order valence-corrected chi connectivity index (χ1v) is 7.04. The first-order chi connectivity index (χ1) is 10.1. The van der Waals surface area contributed by atoms with Gasteiger partial charge >= 0.3 is 0 Å². The molecular weight excluding hydrogens is 278 g/mol. The molecule has 100 valence electrons. The van der Waals surface area contributed by atoms with E-state index in [-0.39, 0.29) is 5.82 Å². The molecule has 0 heterocycles. The molecule has 3 aromatic carbocycles. The molecular formula is C18H12BFS. The number of halogens is 1. The van der Waals surface area contributed by atoms with Gasteiger partial charge in [0.15, 0.2) is 0 Å². The van der Waals surface area contributed by atoms with Gasteiger partial charge in [-0.25, -0.2) is 4.39 Å². The van der Waals surface area contributed by atoms with Gasteiger partial charge < -0.3 is 0 Å². The van der Waals surface area contributed by atoms with Gasteiger partial charge in [-0.2, -0.15) is 0 Å². The predicted octanol–water partition coefficient (Wildman–Crippen LogP) is 4.24. The lowest BCUT2D eigenvalue weighted by Crippen LogP contribution is -2.03. The lowest BCUT2D eigenvalue weighted by molar-refractivity contribution is 0.631. The third-order valence-corrected chi connectivity index (χ3v) is 3.82. The molecule has 0 unspecified atom stereocenters. The van der Waals surface area contributed by atoms with Gasteiger partial charge in [0.25, 0.3) is 0 Å². The third-order valence-electron chi connectivity index (χ3n) is 3.43. The summed E-state index contributed by atoms with van der Waals surface area (Å²) in [6.45, 7) is 0. The fourth-order valence-corrected chi connectivity index (χ4v) is 2.47. The molecule has 0 saturated carbocycles. The minimum atomic E-state index is -0.213. The maximum Gasteiger partial charge on any atom is 0.131 e. The molecule has 0 atom stereocenters. The van der Waals surface area contributed by atoms with Crippen LogP contribution in [0.1, 0.15) is 0 Å². The summed E-state index contributed by atoms with van der Waals surface area (Å²) in [7, 11) is 5.77. The Balaban J connectivity index is 1.97. The molecule has 0 spiro atoms. The quantitative estimate of drug-likeness (QED) is 0.529. The van der Waals surface area contributed by atoms with E-state index in [4.69, 9.17) is 7.85 Å². The summed E-state index contributed by atoms with van der Waals surface area (Å²) in [4.78, 5) is 0.755. The molecule has 21 heavy (non-hydrogen) atoms. The zero-order valence-corrected chi connectivity index (χ0v) is 12.1. The molecule has 0 aromatic heterocycles. The Labute approximate surface area is 130 Å². The maximum atomic E-state index is 13.8. The number of hydrogen-bond donors (Lipinski definition) is 1. The van der Waals surface area contributed by atoms with Crippen LogP contribution in [0.3, 0.4) is 0 Å². The van der Waals surface area contributed by atoms with Crippen LogP contribution in [0.2, 0.25) is 0 Å². The monoisotopic (exact) mass is 290 g/mol. The standard InChI is InChI=1S/C18H12BFS/c19-16-10-9-14(11-18(16)21)12-5-7-13(8-6-12)15-3-1-2-4-17(15)20/h1-11,21H. The van der Waals surface area contributed by atoms with E-state index in [9.17, 15) is 4.39 Å². The van der Waals surface area contributed by atoms with Gasteiger partial charge in [-0.15, -0.1) is 12.6 Å². The van der Waals surface area contributed by atoms with E-state index in [2.05, 4.69) is 12.6 Å². The summed E-state index contributed by atoms with van der Waals surface area (Å²) >= 11 is 4.33. The lowest BCUT2D eigenvalue weighted by Gasteiger charge is -2.07. The zero-order valence-electron chi connectivity index (χ0n) is 11.3. The summed E-state index contributed by atoms with van der Waals surface area (Å²) < 4.78 is 13.8. The number of rotatable bonds is 2. The molecule has 0 aliphatic rings. The molecule has 0 amide bonds. The van der Waals surface area contributed by atoms with E-state index in [0.717, 1.165) is 21.6 Å². The SMILES string of the molecule is [B]c1ccc(-c2ccc(-c3ccccc3F)cc2)cc1S. The Morgan fingerprint density at radius 3 is 2.05 bits per heavy atom. The highest BCUT2D eigenvalue weighted by molar-refractivity contribution is 7.80. The maximum absolute atomic E-state index is 13.8.